The van der Waals surface area contributed by atoms with Crippen LogP contribution in [0, 0.1) is 0 Å². The van der Waals surface area contributed by atoms with Gasteiger partial charge >= 0.3 is 5.97 Å². The zero-order valence-corrected chi connectivity index (χ0v) is 12.0. The summed E-state index contributed by atoms with van der Waals surface area (Å²) >= 11 is 0. The molecule has 0 aromatic carbocycles. The van der Waals surface area contributed by atoms with Crippen LogP contribution in [-0.4, -0.2) is 50.4 Å². The van der Waals surface area contributed by atoms with E-state index in [2.05, 4.69) is 22.1 Å². The molecule has 3 rings (SSSR count). The van der Waals surface area contributed by atoms with Gasteiger partial charge in [0.15, 0.2) is 0 Å². The van der Waals surface area contributed by atoms with Crippen molar-refractivity contribution in [1.29, 1.82) is 0 Å². The summed E-state index contributed by atoms with van der Waals surface area (Å²) in [7, 11) is 2.14. The lowest BCUT2D eigenvalue weighted by Gasteiger charge is -2.32. The fourth-order valence-corrected chi connectivity index (χ4v) is 3.46. The Morgan fingerprint density at radius 1 is 1.30 bits per heavy atom. The molecule has 110 valence electrons. The largest absolute Gasteiger partial charge is 0.480 e. The van der Waals surface area contributed by atoms with Crippen LogP contribution in [0.2, 0.25) is 0 Å². The Hall–Kier alpha value is -1.43. The molecule has 0 aliphatic carbocycles. The molecule has 6 nitrogen and oxygen atoms in total. The normalized spacial score (nSPS) is 27.2. The van der Waals surface area contributed by atoms with E-state index in [1.807, 2.05) is 4.57 Å². The topological polar surface area (TPSA) is 71.2 Å². The van der Waals surface area contributed by atoms with Crippen LogP contribution in [0.15, 0.2) is 0 Å². The first-order valence-corrected chi connectivity index (χ1v) is 7.52. The third-order valence-corrected chi connectivity index (χ3v) is 4.65. The number of likely N-dealkylation sites (N-methyl/N-ethyl adjacent to an activating group) is 1. The van der Waals surface area contributed by atoms with Crippen molar-refractivity contribution < 1.29 is 9.90 Å². The van der Waals surface area contributed by atoms with E-state index >= 15 is 0 Å². The summed E-state index contributed by atoms with van der Waals surface area (Å²) in [4.78, 5) is 13.8. The Morgan fingerprint density at radius 3 is 2.90 bits per heavy atom. The molecule has 3 heterocycles. The highest BCUT2D eigenvalue weighted by atomic mass is 16.4. The molecular weight excluding hydrogens is 256 g/mol. The summed E-state index contributed by atoms with van der Waals surface area (Å²) in [5, 5.41) is 17.9. The lowest BCUT2D eigenvalue weighted by atomic mass is 9.99. The van der Waals surface area contributed by atoms with Crippen molar-refractivity contribution in [2.24, 2.45) is 0 Å². The van der Waals surface area contributed by atoms with E-state index in [9.17, 15) is 9.90 Å². The van der Waals surface area contributed by atoms with Crippen LogP contribution in [0.5, 0.6) is 0 Å². The highest BCUT2D eigenvalue weighted by Crippen LogP contribution is 2.27. The van der Waals surface area contributed by atoms with E-state index in [4.69, 9.17) is 0 Å². The van der Waals surface area contributed by atoms with Crippen molar-refractivity contribution in [3.63, 3.8) is 0 Å². The fourth-order valence-electron chi connectivity index (χ4n) is 3.46. The van der Waals surface area contributed by atoms with E-state index in [0.717, 1.165) is 43.9 Å². The number of fused-ring (bicyclic) bond motifs is 1. The van der Waals surface area contributed by atoms with Crippen LogP contribution in [0.1, 0.15) is 49.8 Å². The predicted molar refractivity (Wildman–Crippen MR) is 73.6 cm³/mol. The molecular formula is C14H22N4O2. The summed E-state index contributed by atoms with van der Waals surface area (Å²) in [6.45, 7) is 1.12. The van der Waals surface area contributed by atoms with Crippen molar-refractivity contribution in [2.75, 3.05) is 13.6 Å². The van der Waals surface area contributed by atoms with Gasteiger partial charge in [-0.15, -0.1) is 10.2 Å². The van der Waals surface area contributed by atoms with E-state index < -0.39 is 12.0 Å². The average Bonchev–Trinajstić information content (AvgIpc) is 2.84. The number of aromatic nitrogens is 3. The second-order valence-corrected chi connectivity index (χ2v) is 5.98. The molecule has 1 N–H and O–H groups in total. The van der Waals surface area contributed by atoms with Gasteiger partial charge in [0, 0.05) is 18.9 Å². The summed E-state index contributed by atoms with van der Waals surface area (Å²) in [6.07, 6.45) is 6.90. The van der Waals surface area contributed by atoms with Crippen molar-refractivity contribution in [3.05, 3.63) is 11.6 Å². The maximum Gasteiger partial charge on any atom is 0.326 e. The quantitative estimate of drug-likeness (QED) is 0.901. The highest BCUT2D eigenvalue weighted by molar-refractivity contribution is 5.72. The lowest BCUT2D eigenvalue weighted by molar-refractivity contribution is -0.141. The van der Waals surface area contributed by atoms with Crippen molar-refractivity contribution in [2.45, 2.75) is 57.0 Å². The second-order valence-electron chi connectivity index (χ2n) is 5.98. The van der Waals surface area contributed by atoms with Gasteiger partial charge < -0.3 is 14.6 Å². The number of piperidine rings is 1. The molecule has 6 heteroatoms. The second kappa shape index (κ2) is 5.52. The van der Waals surface area contributed by atoms with Gasteiger partial charge in [-0.1, -0.05) is 6.42 Å². The molecule has 1 aromatic heterocycles. The molecule has 2 aliphatic heterocycles. The number of likely N-dealkylation sites (tertiary alicyclic amines) is 1. The van der Waals surface area contributed by atoms with E-state index in [0.29, 0.717) is 12.5 Å². The maximum atomic E-state index is 11.4. The maximum absolute atomic E-state index is 11.4. The first-order chi connectivity index (χ1) is 9.66. The van der Waals surface area contributed by atoms with Crippen LogP contribution in [0.25, 0.3) is 0 Å². The third kappa shape index (κ3) is 2.44. The molecule has 0 amide bonds. The van der Waals surface area contributed by atoms with Gasteiger partial charge in [-0.3, -0.25) is 0 Å². The number of aliphatic carboxylic acids is 1. The van der Waals surface area contributed by atoms with Crippen molar-refractivity contribution in [1.82, 2.24) is 19.7 Å². The van der Waals surface area contributed by atoms with E-state index in [1.165, 1.54) is 12.8 Å². The lowest BCUT2D eigenvalue weighted by Crippen LogP contribution is -2.39. The Kier molecular flexibility index (Phi) is 3.74. The van der Waals surface area contributed by atoms with Gasteiger partial charge in [0.05, 0.1) is 0 Å². The minimum atomic E-state index is -0.760. The number of hydrogen-bond donors (Lipinski definition) is 1. The highest BCUT2D eigenvalue weighted by Gasteiger charge is 2.31. The van der Waals surface area contributed by atoms with Gasteiger partial charge in [-0.25, -0.2) is 4.79 Å². The van der Waals surface area contributed by atoms with Crippen LogP contribution < -0.4 is 0 Å². The van der Waals surface area contributed by atoms with E-state index in [-0.39, 0.29) is 0 Å². The number of rotatable bonds is 3. The molecule has 2 unspecified atom stereocenters. The molecule has 1 fully saturated rings. The average molecular weight is 278 g/mol. The van der Waals surface area contributed by atoms with Crippen LogP contribution >= 0.6 is 0 Å². The minimum Gasteiger partial charge on any atom is -0.480 e. The smallest absolute Gasteiger partial charge is 0.326 e. The van der Waals surface area contributed by atoms with E-state index in [1.54, 1.807) is 0 Å². The Bertz CT molecular complexity index is 499. The van der Waals surface area contributed by atoms with Crippen molar-refractivity contribution in [3.8, 4) is 0 Å². The number of aryl methyl sites for hydroxylation is 1. The number of carboxylic acids is 1. The standard InChI is InChI=1S/C14H22N4O2/c1-17-8-3-2-5-10(17)9-13-16-15-12-7-4-6-11(14(19)20)18(12)13/h10-11H,2-9H2,1H3,(H,19,20). The van der Waals surface area contributed by atoms with Crippen LogP contribution in [0.3, 0.4) is 0 Å². The number of carbonyl (C=O) groups is 1. The van der Waals surface area contributed by atoms with Crippen molar-refractivity contribution >= 4 is 5.97 Å². The molecule has 20 heavy (non-hydrogen) atoms. The fraction of sp³-hybridized carbons (Fsp3) is 0.786. The van der Waals surface area contributed by atoms with Gasteiger partial charge in [-0.2, -0.15) is 0 Å². The summed E-state index contributed by atoms with van der Waals surface area (Å²) in [6, 6.07) is -0.00827. The summed E-state index contributed by atoms with van der Waals surface area (Å²) < 4.78 is 1.88. The van der Waals surface area contributed by atoms with Crippen LogP contribution in [0.4, 0.5) is 0 Å². The number of carboxylic acid groups (broad SMARTS) is 1. The molecule has 1 saturated heterocycles. The van der Waals surface area contributed by atoms with Gasteiger partial charge in [0.2, 0.25) is 0 Å². The Labute approximate surface area is 118 Å². The number of nitrogens with zero attached hydrogens (tertiary/aromatic N) is 4. The first-order valence-electron chi connectivity index (χ1n) is 7.52. The Balaban J connectivity index is 1.84. The van der Waals surface area contributed by atoms with Gasteiger partial charge in [-0.05, 0) is 39.3 Å². The Morgan fingerprint density at radius 2 is 2.15 bits per heavy atom. The monoisotopic (exact) mass is 278 g/mol. The molecule has 0 radical (unpaired) electrons. The van der Waals surface area contributed by atoms with Crippen LogP contribution in [-0.2, 0) is 17.6 Å². The molecule has 0 bridgehead atoms. The summed E-state index contributed by atoms with van der Waals surface area (Å²) in [5.41, 5.74) is 0. The predicted octanol–water partition coefficient (Wildman–Crippen LogP) is 1.27. The summed E-state index contributed by atoms with van der Waals surface area (Å²) in [5.74, 6) is 0.937. The third-order valence-electron chi connectivity index (χ3n) is 4.65. The van der Waals surface area contributed by atoms with Gasteiger partial charge in [0.25, 0.3) is 0 Å². The molecule has 2 aliphatic rings. The van der Waals surface area contributed by atoms with Gasteiger partial charge in [0.1, 0.15) is 17.7 Å². The number of hydrogen-bond acceptors (Lipinski definition) is 4. The zero-order chi connectivity index (χ0) is 14.1. The zero-order valence-electron chi connectivity index (χ0n) is 12.0. The molecule has 0 spiro atoms. The molecule has 1 aromatic rings. The molecule has 0 saturated carbocycles. The SMILES string of the molecule is CN1CCCCC1Cc1nnc2n1C(C(=O)O)CCC2. The molecule has 2 atom stereocenters. The first kappa shape index (κ1) is 13.5. The minimum absolute atomic E-state index is 0.466.